The maximum atomic E-state index is 13.3. The third-order valence-electron chi connectivity index (χ3n) is 4.26. The van der Waals surface area contributed by atoms with Crippen molar-refractivity contribution in [1.29, 1.82) is 0 Å². The Morgan fingerprint density at radius 1 is 1.35 bits per heavy atom. The van der Waals surface area contributed by atoms with Crippen LogP contribution in [0.3, 0.4) is 0 Å². The van der Waals surface area contributed by atoms with Crippen molar-refractivity contribution in [3.8, 4) is 0 Å². The van der Waals surface area contributed by atoms with Gasteiger partial charge in [-0.15, -0.1) is 0 Å². The first-order valence-corrected chi connectivity index (χ1v) is 6.70. The van der Waals surface area contributed by atoms with E-state index < -0.39 is 0 Å². The van der Waals surface area contributed by atoms with E-state index in [1.165, 1.54) is 31.7 Å². The van der Waals surface area contributed by atoms with Crippen molar-refractivity contribution in [3.05, 3.63) is 35.6 Å². The standard InChI is InChI=1S/C15H22FN/c1-2-11-6-7-13(10-17)15(8-11)12-4-3-5-14(16)9-12/h3-5,9,11,13,15H,2,6-8,10,17H2,1H3. The van der Waals surface area contributed by atoms with Gasteiger partial charge in [0, 0.05) is 0 Å². The smallest absolute Gasteiger partial charge is 0.123 e. The summed E-state index contributed by atoms with van der Waals surface area (Å²) >= 11 is 0. The summed E-state index contributed by atoms with van der Waals surface area (Å²) in [7, 11) is 0. The number of hydrogen-bond donors (Lipinski definition) is 1. The molecule has 1 aromatic rings. The molecule has 0 radical (unpaired) electrons. The van der Waals surface area contributed by atoms with Crippen molar-refractivity contribution in [1.82, 2.24) is 0 Å². The largest absolute Gasteiger partial charge is 0.330 e. The van der Waals surface area contributed by atoms with Crippen LogP contribution in [0.1, 0.15) is 44.1 Å². The van der Waals surface area contributed by atoms with Gasteiger partial charge in [0.05, 0.1) is 0 Å². The summed E-state index contributed by atoms with van der Waals surface area (Å²) in [5.74, 6) is 1.64. The fourth-order valence-electron chi connectivity index (χ4n) is 3.12. The molecule has 1 aromatic carbocycles. The first-order valence-electron chi connectivity index (χ1n) is 6.70. The summed E-state index contributed by atoms with van der Waals surface area (Å²) in [5.41, 5.74) is 7.00. The molecule has 0 saturated heterocycles. The lowest BCUT2D eigenvalue weighted by Gasteiger charge is -2.35. The van der Waals surface area contributed by atoms with Gasteiger partial charge in [-0.05, 0) is 54.8 Å². The number of halogens is 1. The SMILES string of the molecule is CCC1CCC(CN)C(c2cccc(F)c2)C1. The number of benzene rings is 1. The highest BCUT2D eigenvalue weighted by atomic mass is 19.1. The minimum Gasteiger partial charge on any atom is -0.330 e. The van der Waals surface area contributed by atoms with Crippen LogP contribution in [0.25, 0.3) is 0 Å². The second kappa shape index (κ2) is 5.63. The van der Waals surface area contributed by atoms with Crippen LogP contribution in [0.15, 0.2) is 24.3 Å². The van der Waals surface area contributed by atoms with Crippen LogP contribution < -0.4 is 5.73 Å². The second-order valence-corrected chi connectivity index (χ2v) is 5.24. The molecule has 0 aromatic heterocycles. The molecule has 1 aliphatic carbocycles. The zero-order valence-corrected chi connectivity index (χ0v) is 10.5. The van der Waals surface area contributed by atoms with Gasteiger partial charge in [-0.3, -0.25) is 0 Å². The van der Waals surface area contributed by atoms with Gasteiger partial charge in [0.15, 0.2) is 0 Å². The molecule has 3 atom stereocenters. The second-order valence-electron chi connectivity index (χ2n) is 5.24. The van der Waals surface area contributed by atoms with E-state index in [9.17, 15) is 4.39 Å². The zero-order chi connectivity index (χ0) is 12.3. The quantitative estimate of drug-likeness (QED) is 0.849. The van der Waals surface area contributed by atoms with Gasteiger partial charge in [0.1, 0.15) is 5.82 Å². The van der Waals surface area contributed by atoms with Crippen molar-refractivity contribution >= 4 is 0 Å². The zero-order valence-electron chi connectivity index (χ0n) is 10.5. The molecule has 3 unspecified atom stereocenters. The van der Waals surface area contributed by atoms with E-state index in [-0.39, 0.29) is 5.82 Å². The predicted octanol–water partition coefficient (Wildman–Crippen LogP) is 3.69. The molecule has 2 rings (SSSR count). The van der Waals surface area contributed by atoms with Gasteiger partial charge < -0.3 is 5.73 Å². The third-order valence-corrected chi connectivity index (χ3v) is 4.26. The van der Waals surface area contributed by atoms with E-state index in [0.717, 1.165) is 18.0 Å². The number of rotatable bonds is 3. The van der Waals surface area contributed by atoms with E-state index in [2.05, 4.69) is 13.0 Å². The highest BCUT2D eigenvalue weighted by molar-refractivity contribution is 5.22. The van der Waals surface area contributed by atoms with Crippen molar-refractivity contribution in [2.45, 2.75) is 38.5 Å². The fourth-order valence-corrected chi connectivity index (χ4v) is 3.12. The van der Waals surface area contributed by atoms with Gasteiger partial charge in [-0.1, -0.05) is 31.9 Å². The Bertz CT molecular complexity index is 364. The number of hydrogen-bond acceptors (Lipinski definition) is 1. The Morgan fingerprint density at radius 3 is 2.82 bits per heavy atom. The molecule has 17 heavy (non-hydrogen) atoms. The average molecular weight is 235 g/mol. The minimum absolute atomic E-state index is 0.128. The van der Waals surface area contributed by atoms with Gasteiger partial charge in [0.25, 0.3) is 0 Å². The first kappa shape index (κ1) is 12.6. The van der Waals surface area contributed by atoms with Crippen LogP contribution in [0.2, 0.25) is 0 Å². The van der Waals surface area contributed by atoms with Gasteiger partial charge in [0.2, 0.25) is 0 Å². The predicted molar refractivity (Wildman–Crippen MR) is 69.3 cm³/mol. The molecule has 1 saturated carbocycles. The molecule has 2 heteroatoms. The normalized spacial score (nSPS) is 29.2. The molecule has 0 spiro atoms. The van der Waals surface area contributed by atoms with E-state index in [0.29, 0.717) is 11.8 Å². The van der Waals surface area contributed by atoms with Crippen molar-refractivity contribution in [3.63, 3.8) is 0 Å². The molecule has 0 aliphatic heterocycles. The summed E-state index contributed by atoms with van der Waals surface area (Å²) < 4.78 is 13.3. The molecule has 94 valence electrons. The minimum atomic E-state index is -0.128. The molecule has 1 fully saturated rings. The van der Waals surface area contributed by atoms with Crippen LogP contribution in [-0.2, 0) is 0 Å². The highest BCUT2D eigenvalue weighted by Crippen LogP contribution is 2.41. The molecule has 0 heterocycles. The highest BCUT2D eigenvalue weighted by Gasteiger charge is 2.29. The van der Waals surface area contributed by atoms with Crippen LogP contribution in [-0.4, -0.2) is 6.54 Å². The molecule has 1 aliphatic rings. The summed E-state index contributed by atoms with van der Waals surface area (Å²) in [6, 6.07) is 7.06. The summed E-state index contributed by atoms with van der Waals surface area (Å²) in [6.07, 6.45) is 4.87. The van der Waals surface area contributed by atoms with Crippen LogP contribution >= 0.6 is 0 Å². The molecule has 1 nitrogen and oxygen atoms in total. The Kier molecular flexibility index (Phi) is 4.16. The summed E-state index contributed by atoms with van der Waals surface area (Å²) in [4.78, 5) is 0. The Labute approximate surface area is 103 Å². The molecular formula is C15H22FN. The molecular weight excluding hydrogens is 213 g/mol. The number of nitrogens with two attached hydrogens (primary N) is 1. The summed E-state index contributed by atoms with van der Waals surface area (Å²) in [6.45, 7) is 2.97. The van der Waals surface area contributed by atoms with Crippen molar-refractivity contribution in [2.24, 2.45) is 17.6 Å². The Morgan fingerprint density at radius 2 is 2.18 bits per heavy atom. The summed E-state index contributed by atoms with van der Waals surface area (Å²) in [5, 5.41) is 0. The average Bonchev–Trinajstić information content (AvgIpc) is 2.38. The Hall–Kier alpha value is -0.890. The van der Waals surface area contributed by atoms with E-state index in [1.807, 2.05) is 6.07 Å². The lowest BCUT2D eigenvalue weighted by Crippen LogP contribution is -2.28. The van der Waals surface area contributed by atoms with Crippen LogP contribution in [0, 0.1) is 17.7 Å². The van der Waals surface area contributed by atoms with Crippen molar-refractivity contribution < 1.29 is 4.39 Å². The van der Waals surface area contributed by atoms with Gasteiger partial charge in [-0.2, -0.15) is 0 Å². The van der Waals surface area contributed by atoms with Crippen LogP contribution in [0.5, 0.6) is 0 Å². The van der Waals surface area contributed by atoms with E-state index >= 15 is 0 Å². The van der Waals surface area contributed by atoms with E-state index in [1.54, 1.807) is 6.07 Å². The topological polar surface area (TPSA) is 26.0 Å². The first-order chi connectivity index (χ1) is 8.24. The molecule has 0 bridgehead atoms. The van der Waals surface area contributed by atoms with Gasteiger partial charge >= 0.3 is 0 Å². The third kappa shape index (κ3) is 2.86. The van der Waals surface area contributed by atoms with Crippen molar-refractivity contribution in [2.75, 3.05) is 6.54 Å². The maximum Gasteiger partial charge on any atom is 0.123 e. The molecule has 0 amide bonds. The van der Waals surface area contributed by atoms with E-state index in [4.69, 9.17) is 5.73 Å². The Balaban J connectivity index is 2.20. The monoisotopic (exact) mass is 235 g/mol. The molecule has 2 N–H and O–H groups in total. The van der Waals surface area contributed by atoms with Gasteiger partial charge in [-0.25, -0.2) is 4.39 Å². The lowest BCUT2D eigenvalue weighted by atomic mass is 9.70. The lowest BCUT2D eigenvalue weighted by molar-refractivity contribution is 0.235. The fraction of sp³-hybridized carbons (Fsp3) is 0.600. The van der Waals surface area contributed by atoms with Crippen LogP contribution in [0.4, 0.5) is 4.39 Å². The maximum absolute atomic E-state index is 13.3.